The molecule has 1 unspecified atom stereocenters. The van der Waals surface area contributed by atoms with E-state index in [0.717, 1.165) is 9.35 Å². The molecule has 2 aliphatic rings. The van der Waals surface area contributed by atoms with Crippen molar-refractivity contribution < 1.29 is 0 Å². The van der Waals surface area contributed by atoms with Crippen LogP contribution in [0.2, 0.25) is 0 Å². The van der Waals surface area contributed by atoms with Gasteiger partial charge in [0.15, 0.2) is 4.34 Å². The second-order valence-electron chi connectivity index (χ2n) is 7.01. The third-order valence-corrected chi connectivity index (χ3v) is 8.39. The van der Waals surface area contributed by atoms with Gasteiger partial charge in [0, 0.05) is 23.4 Å². The molecule has 26 heavy (non-hydrogen) atoms. The fourth-order valence-corrected chi connectivity index (χ4v) is 7.14. The van der Waals surface area contributed by atoms with E-state index in [1.807, 2.05) is 36.6 Å². The van der Waals surface area contributed by atoms with Gasteiger partial charge in [-0.3, -0.25) is 4.98 Å². The second kappa shape index (κ2) is 9.04. The molecule has 1 fully saturated rings. The third kappa shape index (κ3) is 4.61. The Hall–Kier alpha value is -0.630. The highest BCUT2D eigenvalue weighted by Gasteiger charge is 2.26. The zero-order valence-electron chi connectivity index (χ0n) is 15.3. The first-order valence-corrected chi connectivity index (χ1v) is 12.3. The van der Waals surface area contributed by atoms with Gasteiger partial charge in [0.25, 0.3) is 0 Å². The molecule has 1 aliphatic heterocycles. The van der Waals surface area contributed by atoms with Gasteiger partial charge in [-0.1, -0.05) is 29.5 Å². The van der Waals surface area contributed by atoms with E-state index in [1.165, 1.54) is 80.1 Å². The summed E-state index contributed by atoms with van der Waals surface area (Å²) in [6, 6.07) is 2.22. The molecular formula is C19H26N4S3. The van der Waals surface area contributed by atoms with Gasteiger partial charge in [0.1, 0.15) is 5.01 Å². The fourth-order valence-electron chi connectivity index (χ4n) is 3.79. The van der Waals surface area contributed by atoms with Crippen molar-refractivity contribution in [1.29, 1.82) is 0 Å². The third-order valence-electron chi connectivity index (χ3n) is 5.11. The molecule has 0 amide bonds. The number of pyridine rings is 1. The van der Waals surface area contributed by atoms with Gasteiger partial charge in [0.05, 0.1) is 10.9 Å². The fraction of sp³-hybridized carbons (Fsp3) is 0.632. The Morgan fingerprint density at radius 2 is 2.08 bits per heavy atom. The first-order valence-electron chi connectivity index (χ1n) is 9.59. The SMILES string of the molecule is Cc1nnc(SC2CCCc3c(SCCN4CCCCC4)ccnc32)s1. The first kappa shape index (κ1) is 18.7. The lowest BCUT2D eigenvalue weighted by Crippen LogP contribution is -2.31. The molecule has 1 atom stereocenters. The molecule has 4 nitrogen and oxygen atoms in total. The van der Waals surface area contributed by atoms with E-state index in [0.29, 0.717) is 5.25 Å². The van der Waals surface area contributed by atoms with Crippen molar-refractivity contribution in [1.82, 2.24) is 20.1 Å². The van der Waals surface area contributed by atoms with E-state index >= 15 is 0 Å². The monoisotopic (exact) mass is 406 g/mol. The van der Waals surface area contributed by atoms with Crippen molar-refractivity contribution in [2.45, 2.75) is 59.9 Å². The molecule has 0 radical (unpaired) electrons. The molecular weight excluding hydrogens is 380 g/mol. The summed E-state index contributed by atoms with van der Waals surface area (Å²) in [6.07, 6.45) is 9.76. The molecule has 7 heteroatoms. The summed E-state index contributed by atoms with van der Waals surface area (Å²) in [5, 5.41) is 9.92. The summed E-state index contributed by atoms with van der Waals surface area (Å²) >= 11 is 5.57. The van der Waals surface area contributed by atoms with Crippen LogP contribution in [0.4, 0.5) is 0 Å². The summed E-state index contributed by atoms with van der Waals surface area (Å²) < 4.78 is 1.07. The number of thioether (sulfide) groups is 2. The van der Waals surface area contributed by atoms with Gasteiger partial charge in [-0.05, 0) is 63.7 Å². The van der Waals surface area contributed by atoms with Crippen molar-refractivity contribution in [3.8, 4) is 0 Å². The Morgan fingerprint density at radius 3 is 2.88 bits per heavy atom. The van der Waals surface area contributed by atoms with Crippen LogP contribution in [0.25, 0.3) is 0 Å². The number of nitrogens with zero attached hydrogens (tertiary/aromatic N) is 4. The molecule has 2 aromatic rings. The maximum Gasteiger partial charge on any atom is 0.174 e. The van der Waals surface area contributed by atoms with Crippen LogP contribution < -0.4 is 0 Å². The number of aromatic nitrogens is 3. The van der Waals surface area contributed by atoms with Crippen LogP contribution in [0, 0.1) is 6.92 Å². The van der Waals surface area contributed by atoms with Crippen molar-refractivity contribution in [3.05, 3.63) is 28.5 Å². The van der Waals surface area contributed by atoms with Gasteiger partial charge in [-0.15, -0.1) is 22.0 Å². The molecule has 1 saturated heterocycles. The first-order chi connectivity index (χ1) is 12.8. The average molecular weight is 407 g/mol. The highest BCUT2D eigenvalue weighted by atomic mass is 32.2. The highest BCUT2D eigenvalue weighted by molar-refractivity contribution is 8.01. The minimum Gasteiger partial charge on any atom is -0.303 e. The summed E-state index contributed by atoms with van der Waals surface area (Å²) in [5.74, 6) is 1.18. The Bertz CT molecular complexity index is 727. The minimum absolute atomic E-state index is 0.425. The van der Waals surface area contributed by atoms with E-state index in [4.69, 9.17) is 4.98 Å². The lowest BCUT2D eigenvalue weighted by atomic mass is 9.96. The van der Waals surface area contributed by atoms with Gasteiger partial charge in [0.2, 0.25) is 0 Å². The smallest absolute Gasteiger partial charge is 0.174 e. The number of fused-ring (bicyclic) bond motifs is 1. The van der Waals surface area contributed by atoms with Crippen molar-refractivity contribution >= 4 is 34.9 Å². The van der Waals surface area contributed by atoms with Crippen LogP contribution in [0.5, 0.6) is 0 Å². The lowest BCUT2D eigenvalue weighted by molar-refractivity contribution is 0.242. The predicted molar refractivity (Wildman–Crippen MR) is 111 cm³/mol. The zero-order valence-corrected chi connectivity index (χ0v) is 17.8. The van der Waals surface area contributed by atoms with Crippen LogP contribution in [-0.4, -0.2) is 45.5 Å². The van der Waals surface area contributed by atoms with Crippen LogP contribution in [0.3, 0.4) is 0 Å². The zero-order chi connectivity index (χ0) is 17.8. The lowest BCUT2D eigenvalue weighted by Gasteiger charge is -2.27. The number of hydrogen-bond donors (Lipinski definition) is 0. The van der Waals surface area contributed by atoms with Crippen molar-refractivity contribution in [3.63, 3.8) is 0 Å². The Kier molecular flexibility index (Phi) is 6.51. The molecule has 1 aliphatic carbocycles. The van der Waals surface area contributed by atoms with Gasteiger partial charge >= 0.3 is 0 Å². The largest absolute Gasteiger partial charge is 0.303 e. The summed E-state index contributed by atoms with van der Waals surface area (Å²) in [6.45, 7) is 5.81. The van der Waals surface area contributed by atoms with E-state index < -0.39 is 0 Å². The van der Waals surface area contributed by atoms with Crippen molar-refractivity contribution in [2.75, 3.05) is 25.4 Å². The Morgan fingerprint density at radius 1 is 1.19 bits per heavy atom. The quantitative estimate of drug-likeness (QED) is 0.630. The number of likely N-dealkylation sites (tertiary alicyclic amines) is 1. The van der Waals surface area contributed by atoms with Crippen LogP contribution in [0.15, 0.2) is 21.5 Å². The number of piperidine rings is 1. The van der Waals surface area contributed by atoms with Crippen LogP contribution in [-0.2, 0) is 6.42 Å². The van der Waals surface area contributed by atoms with Gasteiger partial charge in [-0.25, -0.2) is 0 Å². The van der Waals surface area contributed by atoms with Crippen LogP contribution in [0.1, 0.15) is 53.6 Å². The molecule has 140 valence electrons. The maximum atomic E-state index is 4.77. The summed E-state index contributed by atoms with van der Waals surface area (Å²) in [5.41, 5.74) is 2.78. The number of hydrogen-bond acceptors (Lipinski definition) is 7. The summed E-state index contributed by atoms with van der Waals surface area (Å²) in [4.78, 5) is 8.85. The standard InChI is InChI=1S/C19H26N4S3/c1-14-21-22-19(25-14)26-17-7-5-6-15-16(8-9-20-18(15)17)24-13-12-23-10-3-2-4-11-23/h8-9,17H,2-7,10-13H2,1H3. The van der Waals surface area contributed by atoms with Crippen LogP contribution >= 0.6 is 34.9 Å². The van der Waals surface area contributed by atoms with E-state index in [2.05, 4.69) is 21.2 Å². The molecule has 0 bridgehead atoms. The predicted octanol–water partition coefficient (Wildman–Crippen LogP) is 4.99. The number of aryl methyl sites for hydroxylation is 1. The molecule has 2 aromatic heterocycles. The van der Waals surface area contributed by atoms with Gasteiger partial charge < -0.3 is 4.90 Å². The Balaban J connectivity index is 1.41. The summed E-state index contributed by atoms with van der Waals surface area (Å²) in [7, 11) is 0. The van der Waals surface area contributed by atoms with E-state index in [9.17, 15) is 0 Å². The molecule has 0 spiro atoms. The molecule has 4 rings (SSSR count). The normalized spacial score (nSPS) is 20.9. The molecule has 3 heterocycles. The molecule has 0 aromatic carbocycles. The number of rotatable bonds is 6. The minimum atomic E-state index is 0.425. The molecule has 0 N–H and O–H groups in total. The topological polar surface area (TPSA) is 41.9 Å². The second-order valence-corrected chi connectivity index (χ2v) is 10.8. The van der Waals surface area contributed by atoms with E-state index in [-0.39, 0.29) is 0 Å². The van der Waals surface area contributed by atoms with Crippen molar-refractivity contribution in [2.24, 2.45) is 0 Å². The highest BCUT2D eigenvalue weighted by Crippen LogP contribution is 2.45. The Labute approximate surface area is 168 Å². The average Bonchev–Trinajstić information content (AvgIpc) is 3.08. The van der Waals surface area contributed by atoms with E-state index in [1.54, 1.807) is 11.3 Å². The maximum absolute atomic E-state index is 4.77. The van der Waals surface area contributed by atoms with Gasteiger partial charge in [-0.2, -0.15) is 0 Å². The molecule has 0 saturated carbocycles.